The highest BCUT2D eigenvalue weighted by Crippen LogP contribution is 2.17. The van der Waals surface area contributed by atoms with E-state index < -0.39 is 12.1 Å². The van der Waals surface area contributed by atoms with Crippen molar-refractivity contribution < 1.29 is 24.5 Å². The van der Waals surface area contributed by atoms with Crippen molar-refractivity contribution in [3.05, 3.63) is 12.2 Å². The number of carbonyl (C=O) groups excluding carboxylic acids is 2. The molecule has 0 bridgehead atoms. The van der Waals surface area contributed by atoms with Gasteiger partial charge >= 0.3 is 5.97 Å². The number of unbranched alkanes of at least 4 members (excludes halogenated alkanes) is 38. The normalized spacial score (nSPS) is 12.7. The summed E-state index contributed by atoms with van der Waals surface area (Å²) in [7, 11) is 0. The lowest BCUT2D eigenvalue weighted by molar-refractivity contribution is -0.143. The lowest BCUT2D eigenvalue weighted by Gasteiger charge is -2.22. The molecule has 6 nitrogen and oxygen atoms in total. The molecule has 0 aliphatic rings. The smallest absolute Gasteiger partial charge is 0.305 e. The van der Waals surface area contributed by atoms with E-state index in [1.54, 1.807) is 0 Å². The summed E-state index contributed by atoms with van der Waals surface area (Å²) in [6.07, 6.45) is 59.0. The zero-order valence-electron chi connectivity index (χ0n) is 41.2. The maximum Gasteiger partial charge on any atom is 0.305 e. The third kappa shape index (κ3) is 47.9. The van der Waals surface area contributed by atoms with Gasteiger partial charge < -0.3 is 20.3 Å². The Kier molecular flexibility index (Phi) is 50.1. The summed E-state index contributed by atoms with van der Waals surface area (Å²) in [5.74, 6) is -0.0769. The van der Waals surface area contributed by atoms with Gasteiger partial charge in [0.15, 0.2) is 0 Å². The zero-order valence-corrected chi connectivity index (χ0v) is 41.2. The van der Waals surface area contributed by atoms with Crippen LogP contribution in [0, 0.1) is 0 Å². The molecule has 0 fully saturated rings. The number of carbonyl (C=O) groups is 2. The zero-order chi connectivity index (χ0) is 44.4. The Morgan fingerprint density at radius 2 is 0.770 bits per heavy atom. The molecule has 2 unspecified atom stereocenters. The maximum atomic E-state index is 12.5. The average molecular weight is 862 g/mol. The van der Waals surface area contributed by atoms with Crippen LogP contribution in [0.2, 0.25) is 0 Å². The molecule has 0 spiro atoms. The SMILES string of the molecule is CCCCCCCCC/C=C\CCCCCCCCCC(=O)OCCCCCCCCCCCCC(=O)NC(CO)C(O)CCCCCCCCCCCCCCCCCC. The molecule has 0 saturated heterocycles. The molecule has 362 valence electrons. The second kappa shape index (κ2) is 51.2. The van der Waals surface area contributed by atoms with E-state index in [1.165, 1.54) is 212 Å². The van der Waals surface area contributed by atoms with E-state index in [0.29, 0.717) is 25.9 Å². The van der Waals surface area contributed by atoms with Gasteiger partial charge in [-0.1, -0.05) is 251 Å². The third-order valence-electron chi connectivity index (χ3n) is 12.8. The molecule has 6 heteroatoms. The lowest BCUT2D eigenvalue weighted by atomic mass is 10.0. The number of rotatable bonds is 51. The van der Waals surface area contributed by atoms with Gasteiger partial charge in [-0.05, 0) is 51.4 Å². The number of ether oxygens (including phenoxy) is 1. The summed E-state index contributed by atoms with van der Waals surface area (Å²) in [5.41, 5.74) is 0. The van der Waals surface area contributed by atoms with Crippen molar-refractivity contribution in [1.29, 1.82) is 0 Å². The monoisotopic (exact) mass is 862 g/mol. The van der Waals surface area contributed by atoms with Crippen LogP contribution in [0.5, 0.6) is 0 Å². The predicted octanol–water partition coefficient (Wildman–Crippen LogP) is 16.5. The van der Waals surface area contributed by atoms with Crippen LogP contribution in [0.15, 0.2) is 12.2 Å². The van der Waals surface area contributed by atoms with Crippen molar-refractivity contribution >= 4 is 11.9 Å². The molecule has 0 aliphatic heterocycles. The highest BCUT2D eigenvalue weighted by molar-refractivity contribution is 5.76. The van der Waals surface area contributed by atoms with E-state index in [2.05, 4.69) is 31.3 Å². The Hall–Kier alpha value is -1.40. The number of aliphatic hydroxyl groups excluding tert-OH is 2. The summed E-state index contributed by atoms with van der Waals surface area (Å²) < 4.78 is 5.47. The molecule has 61 heavy (non-hydrogen) atoms. The van der Waals surface area contributed by atoms with Crippen molar-refractivity contribution in [2.45, 2.75) is 315 Å². The van der Waals surface area contributed by atoms with Crippen molar-refractivity contribution in [2.75, 3.05) is 13.2 Å². The first kappa shape index (κ1) is 59.6. The fourth-order valence-electron chi connectivity index (χ4n) is 8.58. The van der Waals surface area contributed by atoms with Gasteiger partial charge in [0.2, 0.25) is 5.91 Å². The number of amides is 1. The Morgan fingerprint density at radius 1 is 0.443 bits per heavy atom. The second-order valence-corrected chi connectivity index (χ2v) is 18.9. The van der Waals surface area contributed by atoms with E-state index >= 15 is 0 Å². The molecule has 0 radical (unpaired) electrons. The van der Waals surface area contributed by atoms with Crippen LogP contribution in [-0.4, -0.2) is 47.4 Å². The van der Waals surface area contributed by atoms with E-state index in [1.807, 2.05) is 0 Å². The van der Waals surface area contributed by atoms with Gasteiger partial charge in [0, 0.05) is 12.8 Å². The molecule has 0 rings (SSSR count). The quantitative estimate of drug-likeness (QED) is 0.0322. The van der Waals surface area contributed by atoms with Gasteiger partial charge in [-0.25, -0.2) is 0 Å². The first-order chi connectivity index (χ1) is 30.0. The van der Waals surface area contributed by atoms with Crippen molar-refractivity contribution in [3.63, 3.8) is 0 Å². The van der Waals surface area contributed by atoms with Crippen LogP contribution >= 0.6 is 0 Å². The summed E-state index contributed by atoms with van der Waals surface area (Å²) >= 11 is 0. The van der Waals surface area contributed by atoms with Gasteiger partial charge in [-0.2, -0.15) is 0 Å². The first-order valence-electron chi connectivity index (χ1n) is 27.4. The van der Waals surface area contributed by atoms with Crippen LogP contribution in [0.4, 0.5) is 0 Å². The number of hydrogen-bond acceptors (Lipinski definition) is 5. The number of nitrogens with one attached hydrogen (secondary N) is 1. The maximum absolute atomic E-state index is 12.5. The molecular weight excluding hydrogens is 755 g/mol. The highest BCUT2D eigenvalue weighted by Gasteiger charge is 2.20. The molecule has 2 atom stereocenters. The average Bonchev–Trinajstić information content (AvgIpc) is 3.26. The van der Waals surface area contributed by atoms with E-state index in [-0.39, 0.29) is 18.5 Å². The fourth-order valence-corrected chi connectivity index (χ4v) is 8.58. The van der Waals surface area contributed by atoms with E-state index in [4.69, 9.17) is 4.74 Å². The molecule has 0 saturated carbocycles. The molecule has 0 aromatic rings. The molecule has 0 aromatic heterocycles. The Morgan fingerprint density at radius 3 is 1.16 bits per heavy atom. The Balaban J connectivity index is 3.46. The first-order valence-corrected chi connectivity index (χ1v) is 27.4. The molecule has 0 heterocycles. The molecule has 3 N–H and O–H groups in total. The number of aliphatic hydroxyl groups is 2. The van der Waals surface area contributed by atoms with Crippen molar-refractivity contribution in [1.82, 2.24) is 5.32 Å². The Bertz CT molecular complexity index is 909. The summed E-state index contributed by atoms with van der Waals surface area (Å²) in [5, 5.41) is 23.2. The Labute approximate surface area is 380 Å². The number of hydrogen-bond donors (Lipinski definition) is 3. The molecule has 1 amide bonds. The minimum Gasteiger partial charge on any atom is -0.466 e. The van der Waals surface area contributed by atoms with Crippen LogP contribution in [0.3, 0.4) is 0 Å². The largest absolute Gasteiger partial charge is 0.466 e. The van der Waals surface area contributed by atoms with Gasteiger partial charge in [-0.15, -0.1) is 0 Å². The van der Waals surface area contributed by atoms with Crippen LogP contribution in [0.25, 0.3) is 0 Å². The van der Waals surface area contributed by atoms with E-state index in [0.717, 1.165) is 57.8 Å². The van der Waals surface area contributed by atoms with Crippen LogP contribution in [-0.2, 0) is 14.3 Å². The van der Waals surface area contributed by atoms with Gasteiger partial charge in [0.25, 0.3) is 0 Å². The van der Waals surface area contributed by atoms with Crippen molar-refractivity contribution in [2.24, 2.45) is 0 Å². The number of esters is 1. The van der Waals surface area contributed by atoms with Gasteiger partial charge in [0.05, 0.1) is 25.4 Å². The fraction of sp³-hybridized carbons (Fsp3) is 0.927. The summed E-state index contributed by atoms with van der Waals surface area (Å²) in [6, 6.07) is -0.558. The second-order valence-electron chi connectivity index (χ2n) is 18.9. The molecule has 0 aromatic carbocycles. The van der Waals surface area contributed by atoms with Crippen LogP contribution in [0.1, 0.15) is 303 Å². The van der Waals surface area contributed by atoms with E-state index in [9.17, 15) is 19.8 Å². The van der Waals surface area contributed by atoms with Crippen LogP contribution < -0.4 is 5.32 Å². The van der Waals surface area contributed by atoms with Crippen molar-refractivity contribution in [3.8, 4) is 0 Å². The minimum atomic E-state index is -0.678. The summed E-state index contributed by atoms with van der Waals surface area (Å²) in [6.45, 7) is 4.91. The lowest BCUT2D eigenvalue weighted by Crippen LogP contribution is -2.45. The number of allylic oxidation sites excluding steroid dienone is 2. The standard InChI is InChI=1S/C55H107NO5/c1-3-5-7-9-11-13-15-17-19-21-22-24-26-28-33-37-41-45-49-55(60)61-50-46-42-38-34-30-29-32-36-40-44-48-54(59)56-52(51-57)53(58)47-43-39-35-31-27-25-23-20-18-16-14-12-10-8-6-4-2/h19,21,52-53,57-58H,3-18,20,22-51H2,1-2H3,(H,56,59)/b21-19-. The summed E-state index contributed by atoms with van der Waals surface area (Å²) in [4.78, 5) is 24.5. The predicted molar refractivity (Wildman–Crippen MR) is 264 cm³/mol. The van der Waals surface area contributed by atoms with Gasteiger partial charge in [0.1, 0.15) is 0 Å². The molecule has 0 aliphatic carbocycles. The topological polar surface area (TPSA) is 95.9 Å². The van der Waals surface area contributed by atoms with Gasteiger partial charge in [-0.3, -0.25) is 9.59 Å². The highest BCUT2D eigenvalue weighted by atomic mass is 16.5. The molecular formula is C55H107NO5. The minimum absolute atomic E-state index is 0.0210. The third-order valence-corrected chi connectivity index (χ3v) is 12.8.